The number of anilines is 1. The van der Waals surface area contributed by atoms with Gasteiger partial charge in [-0.05, 0) is 46.6 Å². The Hall–Kier alpha value is -1.88. The summed E-state index contributed by atoms with van der Waals surface area (Å²) in [5.74, 6) is -1.27. The van der Waals surface area contributed by atoms with Gasteiger partial charge in [-0.3, -0.25) is 4.79 Å². The largest absolute Gasteiger partial charge is 0.505 e. The fourth-order valence-corrected chi connectivity index (χ4v) is 2.18. The molecule has 2 aromatic carbocycles. The molecule has 19 heavy (non-hydrogen) atoms. The first kappa shape index (κ1) is 13.5. The highest BCUT2D eigenvalue weighted by atomic mass is 79.9. The molecule has 5 heteroatoms. The molecule has 0 aliphatic rings. The van der Waals surface area contributed by atoms with E-state index in [1.54, 1.807) is 31.2 Å². The first-order chi connectivity index (χ1) is 9.00. The van der Waals surface area contributed by atoms with Crippen LogP contribution in [0, 0.1) is 12.7 Å². The molecule has 0 heterocycles. The zero-order chi connectivity index (χ0) is 14.0. The van der Waals surface area contributed by atoms with E-state index in [1.807, 2.05) is 0 Å². The fraction of sp³-hybridized carbons (Fsp3) is 0.0714. The van der Waals surface area contributed by atoms with E-state index in [0.717, 1.165) is 0 Å². The molecule has 98 valence electrons. The minimum atomic E-state index is -0.626. The number of halogens is 2. The average Bonchev–Trinajstić information content (AvgIpc) is 2.35. The number of amides is 1. The van der Waals surface area contributed by atoms with Crippen LogP contribution in [0.5, 0.6) is 5.75 Å². The standard InChI is InChI=1S/C14H11BrFNO2/c1-8-4-2-7-11(13(8)18)17-14(19)12-9(15)5-3-6-10(12)16/h2-7,18H,1H3,(H,17,19). The number of rotatable bonds is 2. The van der Waals surface area contributed by atoms with Crippen molar-refractivity contribution in [2.24, 2.45) is 0 Å². The van der Waals surface area contributed by atoms with Gasteiger partial charge >= 0.3 is 0 Å². The summed E-state index contributed by atoms with van der Waals surface area (Å²) in [5, 5.41) is 12.3. The van der Waals surface area contributed by atoms with Crippen LogP contribution in [-0.2, 0) is 0 Å². The minimum Gasteiger partial charge on any atom is -0.505 e. The minimum absolute atomic E-state index is 0.0247. The Morgan fingerprint density at radius 3 is 2.63 bits per heavy atom. The predicted octanol–water partition coefficient (Wildman–Crippen LogP) is 3.85. The number of aryl methyl sites for hydroxylation is 1. The van der Waals surface area contributed by atoms with Crippen LogP contribution in [0.1, 0.15) is 15.9 Å². The lowest BCUT2D eigenvalue weighted by Crippen LogP contribution is -2.14. The Bertz CT molecular complexity index is 623. The number of aromatic hydroxyl groups is 1. The van der Waals surface area contributed by atoms with E-state index in [0.29, 0.717) is 10.0 Å². The summed E-state index contributed by atoms with van der Waals surface area (Å²) >= 11 is 3.13. The Morgan fingerprint density at radius 2 is 1.95 bits per heavy atom. The van der Waals surface area contributed by atoms with Crippen molar-refractivity contribution in [3.05, 3.63) is 57.8 Å². The van der Waals surface area contributed by atoms with E-state index < -0.39 is 11.7 Å². The third kappa shape index (κ3) is 2.76. The monoisotopic (exact) mass is 323 g/mol. The van der Waals surface area contributed by atoms with Crippen LogP contribution in [0.4, 0.5) is 10.1 Å². The molecule has 0 saturated heterocycles. The summed E-state index contributed by atoms with van der Waals surface area (Å²) in [6.45, 7) is 1.71. The van der Waals surface area contributed by atoms with E-state index in [4.69, 9.17) is 0 Å². The van der Waals surface area contributed by atoms with Crippen molar-refractivity contribution >= 4 is 27.5 Å². The van der Waals surface area contributed by atoms with Gasteiger partial charge < -0.3 is 10.4 Å². The van der Waals surface area contributed by atoms with Crippen molar-refractivity contribution in [1.82, 2.24) is 0 Å². The third-order valence-electron chi connectivity index (χ3n) is 2.68. The number of phenols is 1. The lowest BCUT2D eigenvalue weighted by molar-refractivity contribution is 0.102. The molecule has 0 aliphatic carbocycles. The number of carbonyl (C=O) groups excluding carboxylic acids is 1. The molecular weight excluding hydrogens is 313 g/mol. The molecule has 0 unspecified atom stereocenters. The lowest BCUT2D eigenvalue weighted by Gasteiger charge is -2.10. The molecule has 1 amide bonds. The SMILES string of the molecule is Cc1cccc(NC(=O)c2c(F)cccc2Br)c1O. The van der Waals surface area contributed by atoms with Gasteiger partial charge in [-0.1, -0.05) is 18.2 Å². The number of benzene rings is 2. The lowest BCUT2D eigenvalue weighted by atomic mass is 10.1. The first-order valence-electron chi connectivity index (χ1n) is 5.54. The predicted molar refractivity (Wildman–Crippen MR) is 74.9 cm³/mol. The highest BCUT2D eigenvalue weighted by molar-refractivity contribution is 9.10. The van der Waals surface area contributed by atoms with Gasteiger partial charge in [0, 0.05) is 4.47 Å². The number of para-hydroxylation sites is 1. The van der Waals surface area contributed by atoms with Crippen LogP contribution in [-0.4, -0.2) is 11.0 Å². The molecule has 0 saturated carbocycles. The maximum Gasteiger partial charge on any atom is 0.259 e. The summed E-state index contributed by atoms with van der Waals surface area (Å²) in [4.78, 5) is 12.0. The Labute approximate surface area is 118 Å². The topological polar surface area (TPSA) is 49.3 Å². The first-order valence-corrected chi connectivity index (χ1v) is 6.34. The molecule has 0 spiro atoms. The fourth-order valence-electron chi connectivity index (χ4n) is 1.66. The van der Waals surface area contributed by atoms with E-state index >= 15 is 0 Å². The van der Waals surface area contributed by atoms with E-state index in [2.05, 4.69) is 21.2 Å². The van der Waals surface area contributed by atoms with Crippen molar-refractivity contribution in [2.75, 3.05) is 5.32 Å². The van der Waals surface area contributed by atoms with Gasteiger partial charge in [0.2, 0.25) is 0 Å². The quantitative estimate of drug-likeness (QED) is 0.824. The van der Waals surface area contributed by atoms with Gasteiger partial charge in [0.05, 0.1) is 11.3 Å². The third-order valence-corrected chi connectivity index (χ3v) is 3.34. The number of carbonyl (C=O) groups is 1. The van der Waals surface area contributed by atoms with Crippen LogP contribution >= 0.6 is 15.9 Å². The van der Waals surface area contributed by atoms with Crippen LogP contribution in [0.25, 0.3) is 0 Å². The molecule has 3 nitrogen and oxygen atoms in total. The molecule has 0 atom stereocenters. The number of hydrogen-bond acceptors (Lipinski definition) is 2. The van der Waals surface area contributed by atoms with E-state index in [9.17, 15) is 14.3 Å². The molecule has 0 aliphatic heterocycles. The Balaban J connectivity index is 2.34. The van der Waals surface area contributed by atoms with Crippen molar-refractivity contribution in [3.8, 4) is 5.75 Å². The van der Waals surface area contributed by atoms with Crippen LogP contribution in [0.2, 0.25) is 0 Å². The Morgan fingerprint density at radius 1 is 1.26 bits per heavy atom. The van der Waals surface area contributed by atoms with Crippen LogP contribution in [0.3, 0.4) is 0 Å². The molecule has 2 N–H and O–H groups in total. The van der Waals surface area contributed by atoms with Crippen LogP contribution in [0.15, 0.2) is 40.9 Å². The van der Waals surface area contributed by atoms with Crippen molar-refractivity contribution in [3.63, 3.8) is 0 Å². The molecular formula is C14H11BrFNO2. The van der Waals surface area contributed by atoms with Gasteiger partial charge in [-0.15, -0.1) is 0 Å². The molecule has 2 rings (SSSR count). The van der Waals surface area contributed by atoms with Gasteiger partial charge in [0.25, 0.3) is 5.91 Å². The summed E-state index contributed by atoms with van der Waals surface area (Å²) < 4.78 is 14.0. The second-order valence-corrected chi connectivity index (χ2v) is 4.88. The van der Waals surface area contributed by atoms with Gasteiger partial charge in [-0.2, -0.15) is 0 Å². The molecule has 2 aromatic rings. The molecule has 0 aromatic heterocycles. The smallest absolute Gasteiger partial charge is 0.259 e. The number of hydrogen-bond donors (Lipinski definition) is 2. The summed E-state index contributed by atoms with van der Waals surface area (Å²) in [7, 11) is 0. The Kier molecular flexibility index (Phi) is 3.85. The highest BCUT2D eigenvalue weighted by Gasteiger charge is 2.16. The molecule has 0 bridgehead atoms. The summed E-state index contributed by atoms with van der Waals surface area (Å²) in [5.41, 5.74) is 0.786. The number of nitrogens with one attached hydrogen (secondary N) is 1. The van der Waals surface area contributed by atoms with Gasteiger partial charge in [0.1, 0.15) is 11.6 Å². The second kappa shape index (κ2) is 5.40. The number of phenolic OH excluding ortho intramolecular Hbond substituents is 1. The highest BCUT2D eigenvalue weighted by Crippen LogP contribution is 2.28. The maximum atomic E-state index is 13.6. The van der Waals surface area contributed by atoms with Crippen molar-refractivity contribution in [1.29, 1.82) is 0 Å². The summed E-state index contributed by atoms with van der Waals surface area (Å²) in [6.07, 6.45) is 0. The van der Waals surface area contributed by atoms with Crippen molar-refractivity contribution in [2.45, 2.75) is 6.92 Å². The average molecular weight is 324 g/mol. The zero-order valence-corrected chi connectivity index (χ0v) is 11.7. The zero-order valence-electron chi connectivity index (χ0n) is 10.1. The second-order valence-electron chi connectivity index (χ2n) is 4.02. The summed E-state index contributed by atoms with van der Waals surface area (Å²) in [6, 6.07) is 9.24. The van der Waals surface area contributed by atoms with Crippen molar-refractivity contribution < 1.29 is 14.3 Å². The van der Waals surface area contributed by atoms with E-state index in [1.165, 1.54) is 12.1 Å². The van der Waals surface area contributed by atoms with Crippen LogP contribution < -0.4 is 5.32 Å². The van der Waals surface area contributed by atoms with E-state index in [-0.39, 0.29) is 17.0 Å². The molecule has 0 fully saturated rings. The van der Waals surface area contributed by atoms with Gasteiger partial charge in [0.15, 0.2) is 0 Å². The molecule has 0 radical (unpaired) electrons. The van der Waals surface area contributed by atoms with Gasteiger partial charge in [-0.25, -0.2) is 4.39 Å². The normalized spacial score (nSPS) is 10.3. The maximum absolute atomic E-state index is 13.6.